The second-order valence-corrected chi connectivity index (χ2v) is 8.07. The van der Waals surface area contributed by atoms with E-state index in [4.69, 9.17) is 14.3 Å². The Hall–Kier alpha value is -3.32. The van der Waals surface area contributed by atoms with Gasteiger partial charge >= 0.3 is 5.97 Å². The van der Waals surface area contributed by atoms with Gasteiger partial charge in [-0.05, 0) is 42.2 Å². The monoisotopic (exact) mass is 423 g/mol. The van der Waals surface area contributed by atoms with E-state index in [0.717, 1.165) is 16.7 Å². The highest BCUT2D eigenvalue weighted by Gasteiger charge is 2.29. The fraction of sp³-hybridized carbons (Fsp3) is 0.333. The number of pyridine rings is 1. The quantitative estimate of drug-likeness (QED) is 0.557. The molecule has 0 fully saturated rings. The number of aromatic nitrogens is 1. The van der Waals surface area contributed by atoms with Crippen molar-refractivity contribution in [3.63, 3.8) is 0 Å². The van der Waals surface area contributed by atoms with Gasteiger partial charge < -0.3 is 23.9 Å². The molecule has 162 valence electrons. The number of furan rings is 1. The summed E-state index contributed by atoms with van der Waals surface area (Å²) in [7, 11) is 0. The first kappa shape index (κ1) is 20.9. The van der Waals surface area contributed by atoms with Gasteiger partial charge in [0.2, 0.25) is 0 Å². The average Bonchev–Trinajstić information content (AvgIpc) is 3.26. The summed E-state index contributed by atoms with van der Waals surface area (Å²) in [6, 6.07) is 8.94. The van der Waals surface area contributed by atoms with E-state index in [1.54, 1.807) is 12.3 Å². The zero-order chi connectivity index (χ0) is 22.1. The van der Waals surface area contributed by atoms with Crippen LogP contribution in [0.2, 0.25) is 0 Å². The topological polar surface area (TPSA) is 102 Å². The number of benzene rings is 1. The van der Waals surface area contributed by atoms with Gasteiger partial charge in [0.15, 0.2) is 5.43 Å². The Morgan fingerprint density at radius 2 is 2.10 bits per heavy atom. The largest absolute Gasteiger partial charge is 0.493 e. The van der Waals surface area contributed by atoms with Crippen LogP contribution in [-0.4, -0.2) is 34.0 Å². The van der Waals surface area contributed by atoms with E-state index in [0.29, 0.717) is 36.7 Å². The van der Waals surface area contributed by atoms with Crippen molar-refractivity contribution in [2.75, 3.05) is 13.2 Å². The Bertz CT molecular complexity index is 1160. The number of hydrogen-bond donors (Lipinski definition) is 2. The van der Waals surface area contributed by atoms with Crippen LogP contribution < -0.4 is 10.2 Å². The van der Waals surface area contributed by atoms with Crippen molar-refractivity contribution in [2.24, 2.45) is 5.92 Å². The summed E-state index contributed by atoms with van der Waals surface area (Å²) in [5.74, 6) is 0.281. The summed E-state index contributed by atoms with van der Waals surface area (Å²) >= 11 is 0. The molecule has 0 saturated carbocycles. The first-order chi connectivity index (χ1) is 14.9. The molecule has 0 spiro atoms. The van der Waals surface area contributed by atoms with E-state index in [2.05, 4.69) is 13.8 Å². The van der Waals surface area contributed by atoms with Gasteiger partial charge in [0.05, 0.1) is 24.1 Å². The summed E-state index contributed by atoms with van der Waals surface area (Å²) in [5, 5.41) is 18.5. The lowest BCUT2D eigenvalue weighted by molar-refractivity contribution is 0.0694. The van der Waals surface area contributed by atoms with Crippen molar-refractivity contribution in [1.29, 1.82) is 0 Å². The van der Waals surface area contributed by atoms with Crippen molar-refractivity contribution in [1.82, 2.24) is 4.57 Å². The van der Waals surface area contributed by atoms with Crippen molar-refractivity contribution in [3.8, 4) is 28.3 Å². The third-order valence-corrected chi connectivity index (χ3v) is 5.69. The van der Waals surface area contributed by atoms with Gasteiger partial charge in [0.25, 0.3) is 0 Å². The van der Waals surface area contributed by atoms with Crippen LogP contribution in [0.25, 0.3) is 22.6 Å². The molecule has 1 atom stereocenters. The highest BCUT2D eigenvalue weighted by atomic mass is 16.5. The van der Waals surface area contributed by atoms with Crippen molar-refractivity contribution in [2.45, 2.75) is 32.7 Å². The van der Waals surface area contributed by atoms with Crippen LogP contribution in [0.15, 0.2) is 52.0 Å². The summed E-state index contributed by atoms with van der Waals surface area (Å²) < 4.78 is 13.5. The van der Waals surface area contributed by atoms with E-state index in [-0.39, 0.29) is 24.1 Å². The van der Waals surface area contributed by atoms with E-state index in [1.807, 2.05) is 22.8 Å². The molecule has 2 N–H and O–H groups in total. The van der Waals surface area contributed by atoms with Gasteiger partial charge in [-0.25, -0.2) is 4.79 Å². The van der Waals surface area contributed by atoms with Crippen molar-refractivity contribution >= 4 is 5.97 Å². The highest BCUT2D eigenvalue weighted by Crippen LogP contribution is 2.43. The molecule has 7 heteroatoms. The molecule has 3 aromatic rings. The van der Waals surface area contributed by atoms with Crippen LogP contribution in [0.4, 0.5) is 0 Å². The highest BCUT2D eigenvalue weighted by molar-refractivity contribution is 5.88. The Morgan fingerprint density at radius 1 is 1.29 bits per heavy atom. The molecule has 1 aliphatic heterocycles. The number of fused-ring (bicyclic) bond motifs is 3. The van der Waals surface area contributed by atoms with Gasteiger partial charge in [-0.1, -0.05) is 13.8 Å². The lowest BCUT2D eigenvalue weighted by Gasteiger charge is -2.34. The lowest BCUT2D eigenvalue weighted by Crippen LogP contribution is -2.28. The Morgan fingerprint density at radius 3 is 2.74 bits per heavy atom. The van der Waals surface area contributed by atoms with E-state index in [9.17, 15) is 14.7 Å². The second kappa shape index (κ2) is 8.43. The predicted molar refractivity (Wildman–Crippen MR) is 116 cm³/mol. The molecular weight excluding hydrogens is 398 g/mol. The number of carboxylic acids is 1. The normalized spacial score (nSPS) is 14.9. The van der Waals surface area contributed by atoms with Gasteiger partial charge in [0, 0.05) is 36.9 Å². The maximum atomic E-state index is 12.5. The molecule has 7 nitrogen and oxygen atoms in total. The first-order valence-corrected chi connectivity index (χ1v) is 10.3. The first-order valence-electron chi connectivity index (χ1n) is 10.3. The number of carboxylic acid groups (broad SMARTS) is 1. The van der Waals surface area contributed by atoms with E-state index in [1.165, 1.54) is 12.3 Å². The molecule has 31 heavy (non-hydrogen) atoms. The van der Waals surface area contributed by atoms with Gasteiger partial charge in [-0.2, -0.15) is 0 Å². The molecule has 2 aromatic heterocycles. The summed E-state index contributed by atoms with van der Waals surface area (Å²) in [5.41, 5.74) is 2.56. The third kappa shape index (κ3) is 3.88. The number of carbonyl (C=O) groups is 1. The van der Waals surface area contributed by atoms with Crippen LogP contribution in [0.5, 0.6) is 5.75 Å². The zero-order valence-electron chi connectivity index (χ0n) is 17.5. The number of ether oxygens (including phenoxy) is 1. The molecule has 1 unspecified atom stereocenters. The number of hydrogen-bond acceptors (Lipinski definition) is 5. The number of aromatic carboxylic acids is 1. The smallest absolute Gasteiger partial charge is 0.341 e. The summed E-state index contributed by atoms with van der Waals surface area (Å²) in [6.07, 6.45) is 4.24. The number of aliphatic hydroxyl groups is 1. The lowest BCUT2D eigenvalue weighted by atomic mass is 9.86. The molecule has 0 radical (unpaired) electrons. The summed E-state index contributed by atoms with van der Waals surface area (Å²) in [6.45, 7) is 4.56. The third-order valence-electron chi connectivity index (χ3n) is 5.69. The predicted octanol–water partition coefficient (Wildman–Crippen LogP) is 3.99. The molecule has 0 aliphatic carbocycles. The molecule has 0 saturated heterocycles. The molecule has 0 bridgehead atoms. The van der Waals surface area contributed by atoms with Gasteiger partial charge in [-0.3, -0.25) is 4.79 Å². The number of nitrogens with zero attached hydrogens (tertiary/aromatic N) is 1. The Balaban J connectivity index is 1.92. The number of aliphatic hydroxyl groups excluding tert-OH is 1. The van der Waals surface area contributed by atoms with Crippen LogP contribution in [0, 0.1) is 5.92 Å². The molecule has 1 aliphatic rings. The Kier molecular flexibility index (Phi) is 5.69. The standard InChI is InChI=1S/C24H25NO6/c1-14(2)19-9-15-10-23(31-8-4-6-26)17(22-5-3-7-30-22)11-16(15)20-12-21(27)18(24(28)29)13-25(19)20/h3,5,7,10-14,19,26H,4,6,8-9H2,1-2H3,(H,28,29). The maximum Gasteiger partial charge on any atom is 0.341 e. The van der Waals surface area contributed by atoms with E-state index < -0.39 is 11.4 Å². The van der Waals surface area contributed by atoms with Gasteiger partial charge in [-0.15, -0.1) is 0 Å². The number of rotatable bonds is 7. The maximum absolute atomic E-state index is 12.5. The van der Waals surface area contributed by atoms with Crippen LogP contribution >= 0.6 is 0 Å². The fourth-order valence-electron chi connectivity index (χ4n) is 4.10. The minimum atomic E-state index is -1.22. The zero-order valence-corrected chi connectivity index (χ0v) is 17.5. The van der Waals surface area contributed by atoms with Crippen LogP contribution in [-0.2, 0) is 6.42 Å². The van der Waals surface area contributed by atoms with Crippen LogP contribution in [0.3, 0.4) is 0 Å². The Labute approximate surface area is 179 Å². The minimum Gasteiger partial charge on any atom is -0.493 e. The van der Waals surface area contributed by atoms with Crippen molar-refractivity contribution < 1.29 is 24.2 Å². The molecular formula is C24H25NO6. The summed E-state index contributed by atoms with van der Waals surface area (Å²) in [4.78, 5) is 24.1. The van der Waals surface area contributed by atoms with Crippen LogP contribution in [0.1, 0.15) is 42.2 Å². The second-order valence-electron chi connectivity index (χ2n) is 8.07. The average molecular weight is 423 g/mol. The van der Waals surface area contributed by atoms with Crippen molar-refractivity contribution in [3.05, 3.63) is 64.1 Å². The van der Waals surface area contributed by atoms with E-state index >= 15 is 0 Å². The molecule has 0 amide bonds. The SMILES string of the molecule is CC(C)C1Cc2cc(OCCCO)c(-c3ccco3)cc2-c2cc(=O)c(C(=O)O)cn21. The fourth-order valence-corrected chi connectivity index (χ4v) is 4.10. The molecule has 3 heterocycles. The van der Waals surface area contributed by atoms with Gasteiger partial charge in [0.1, 0.15) is 17.1 Å². The molecule has 4 rings (SSSR count). The minimum absolute atomic E-state index is 0.000884. The molecule has 1 aromatic carbocycles.